The van der Waals surface area contributed by atoms with Gasteiger partial charge in [0.05, 0.1) is 18.2 Å². The molecule has 24 heavy (non-hydrogen) atoms. The zero-order chi connectivity index (χ0) is 17.3. The number of ether oxygens (including phenoxy) is 1. The van der Waals surface area contributed by atoms with Gasteiger partial charge in [-0.15, -0.1) is 0 Å². The highest BCUT2D eigenvalue weighted by Gasteiger charge is 2.13. The van der Waals surface area contributed by atoms with Crippen LogP contribution in [0.15, 0.2) is 48.7 Å². The van der Waals surface area contributed by atoms with E-state index in [0.29, 0.717) is 17.9 Å². The number of carbonyl (C=O) groups is 1. The number of carboxylic acid groups (broad SMARTS) is 1. The minimum atomic E-state index is -0.966. The third-order valence-corrected chi connectivity index (χ3v) is 3.78. The van der Waals surface area contributed by atoms with Crippen LogP contribution in [0.4, 0.5) is 4.39 Å². The van der Waals surface area contributed by atoms with Crippen molar-refractivity contribution >= 4 is 16.9 Å². The Hall–Kier alpha value is -2.82. The predicted molar refractivity (Wildman–Crippen MR) is 90.2 cm³/mol. The molecule has 3 rings (SSSR count). The SMILES string of the molecule is CC(C)Oc1cccc(F)c1Cn1ccc2cc(C(=O)O)ccc21. The van der Waals surface area contributed by atoms with Crippen LogP contribution in [0.5, 0.6) is 5.75 Å². The van der Waals surface area contributed by atoms with Crippen LogP contribution in [-0.2, 0) is 6.54 Å². The summed E-state index contributed by atoms with van der Waals surface area (Å²) in [5.74, 6) is -0.766. The lowest BCUT2D eigenvalue weighted by Crippen LogP contribution is -2.10. The summed E-state index contributed by atoms with van der Waals surface area (Å²) in [6.45, 7) is 4.10. The molecule has 0 aliphatic heterocycles. The van der Waals surface area contributed by atoms with Crippen LogP contribution < -0.4 is 4.74 Å². The van der Waals surface area contributed by atoms with E-state index in [1.165, 1.54) is 6.07 Å². The Morgan fingerprint density at radius 3 is 2.75 bits per heavy atom. The molecule has 0 amide bonds. The molecule has 0 atom stereocenters. The summed E-state index contributed by atoms with van der Waals surface area (Å²) in [6, 6.07) is 11.5. The van der Waals surface area contributed by atoms with Gasteiger partial charge in [-0.25, -0.2) is 9.18 Å². The summed E-state index contributed by atoms with van der Waals surface area (Å²) in [4.78, 5) is 11.1. The second-order valence-electron chi connectivity index (χ2n) is 5.91. The van der Waals surface area contributed by atoms with Crippen LogP contribution in [0, 0.1) is 5.82 Å². The third-order valence-electron chi connectivity index (χ3n) is 3.78. The summed E-state index contributed by atoms with van der Waals surface area (Å²) in [6.07, 6.45) is 1.77. The van der Waals surface area contributed by atoms with Crippen molar-refractivity contribution in [2.75, 3.05) is 0 Å². The van der Waals surface area contributed by atoms with Crippen molar-refractivity contribution in [3.05, 3.63) is 65.6 Å². The highest BCUT2D eigenvalue weighted by Crippen LogP contribution is 2.26. The summed E-state index contributed by atoms with van der Waals surface area (Å²) in [7, 11) is 0. The molecule has 0 radical (unpaired) electrons. The van der Waals surface area contributed by atoms with Crippen molar-refractivity contribution in [3.63, 3.8) is 0 Å². The molecule has 0 aliphatic rings. The predicted octanol–water partition coefficient (Wildman–Crippen LogP) is 4.31. The van der Waals surface area contributed by atoms with Gasteiger partial charge < -0.3 is 14.4 Å². The number of aromatic nitrogens is 1. The van der Waals surface area contributed by atoms with E-state index in [9.17, 15) is 9.18 Å². The van der Waals surface area contributed by atoms with Crippen molar-refractivity contribution in [1.29, 1.82) is 0 Å². The summed E-state index contributed by atoms with van der Waals surface area (Å²) in [5.41, 5.74) is 1.56. The molecule has 1 N–H and O–H groups in total. The van der Waals surface area contributed by atoms with Crippen LogP contribution in [0.2, 0.25) is 0 Å². The van der Waals surface area contributed by atoms with E-state index in [1.807, 2.05) is 30.7 Å². The number of rotatable bonds is 5. The monoisotopic (exact) mass is 327 g/mol. The Labute approximate surface area is 139 Å². The molecule has 0 fully saturated rings. The fourth-order valence-corrected chi connectivity index (χ4v) is 2.70. The van der Waals surface area contributed by atoms with Crippen LogP contribution in [0.25, 0.3) is 10.9 Å². The van der Waals surface area contributed by atoms with Crippen molar-refractivity contribution in [3.8, 4) is 5.75 Å². The van der Waals surface area contributed by atoms with E-state index in [0.717, 1.165) is 10.9 Å². The zero-order valence-electron chi connectivity index (χ0n) is 13.5. The lowest BCUT2D eigenvalue weighted by atomic mass is 10.1. The lowest BCUT2D eigenvalue weighted by Gasteiger charge is -2.16. The normalized spacial score (nSPS) is 11.2. The molecule has 124 valence electrons. The molecule has 0 aliphatic carbocycles. The maximum atomic E-state index is 14.3. The molecule has 1 heterocycles. The van der Waals surface area contributed by atoms with Crippen LogP contribution in [0.1, 0.15) is 29.8 Å². The van der Waals surface area contributed by atoms with Gasteiger partial charge in [0.1, 0.15) is 11.6 Å². The molecule has 0 saturated carbocycles. The van der Waals surface area contributed by atoms with E-state index in [1.54, 1.807) is 30.3 Å². The minimum Gasteiger partial charge on any atom is -0.491 e. The topological polar surface area (TPSA) is 51.5 Å². The molecule has 0 unspecified atom stereocenters. The standard InChI is InChI=1S/C19H18FNO3/c1-12(2)24-18-5-3-4-16(20)15(18)11-21-9-8-13-10-14(19(22)23)6-7-17(13)21/h3-10,12H,11H2,1-2H3,(H,22,23). The van der Waals surface area contributed by atoms with Gasteiger partial charge in [0.25, 0.3) is 0 Å². The summed E-state index contributed by atoms with van der Waals surface area (Å²) >= 11 is 0. The minimum absolute atomic E-state index is 0.0509. The summed E-state index contributed by atoms with van der Waals surface area (Å²) < 4.78 is 21.9. The fourth-order valence-electron chi connectivity index (χ4n) is 2.70. The van der Waals surface area contributed by atoms with Gasteiger partial charge in [-0.3, -0.25) is 0 Å². The first-order chi connectivity index (χ1) is 11.5. The van der Waals surface area contributed by atoms with Crippen LogP contribution >= 0.6 is 0 Å². The average molecular weight is 327 g/mol. The Morgan fingerprint density at radius 1 is 1.25 bits per heavy atom. The van der Waals surface area contributed by atoms with Gasteiger partial charge in [0.15, 0.2) is 0 Å². The van der Waals surface area contributed by atoms with Gasteiger partial charge in [0.2, 0.25) is 0 Å². The van der Waals surface area contributed by atoms with Gasteiger partial charge in [-0.1, -0.05) is 6.07 Å². The Kier molecular flexibility index (Phi) is 4.25. The first-order valence-electron chi connectivity index (χ1n) is 7.72. The Morgan fingerprint density at radius 2 is 2.04 bits per heavy atom. The summed E-state index contributed by atoms with van der Waals surface area (Å²) in [5, 5.41) is 9.87. The molecule has 5 heteroatoms. The number of aromatic carboxylic acids is 1. The van der Waals surface area contributed by atoms with Gasteiger partial charge >= 0.3 is 5.97 Å². The molecule has 0 saturated heterocycles. The lowest BCUT2D eigenvalue weighted by molar-refractivity contribution is 0.0697. The van der Waals surface area contributed by atoms with E-state index in [4.69, 9.17) is 9.84 Å². The fraction of sp³-hybridized carbons (Fsp3) is 0.211. The molecule has 0 spiro atoms. The first-order valence-corrected chi connectivity index (χ1v) is 7.72. The van der Waals surface area contributed by atoms with Gasteiger partial charge in [-0.05, 0) is 50.2 Å². The van der Waals surface area contributed by atoms with Gasteiger partial charge in [0, 0.05) is 22.7 Å². The molecule has 0 bridgehead atoms. The molecule has 2 aromatic carbocycles. The Bertz CT molecular complexity index is 899. The number of hydrogen-bond acceptors (Lipinski definition) is 2. The number of carboxylic acids is 1. The molecular formula is C19H18FNO3. The third kappa shape index (κ3) is 3.11. The number of benzene rings is 2. The maximum absolute atomic E-state index is 14.3. The highest BCUT2D eigenvalue weighted by atomic mass is 19.1. The Balaban J connectivity index is 2.00. The molecule has 1 aromatic heterocycles. The van der Waals surface area contributed by atoms with E-state index >= 15 is 0 Å². The average Bonchev–Trinajstić information content (AvgIpc) is 2.92. The highest BCUT2D eigenvalue weighted by molar-refractivity contribution is 5.93. The second kappa shape index (κ2) is 6.35. The first kappa shape index (κ1) is 16.1. The molecule has 3 aromatic rings. The van der Waals surface area contributed by atoms with Crippen LogP contribution in [-0.4, -0.2) is 21.7 Å². The van der Waals surface area contributed by atoms with E-state index < -0.39 is 5.97 Å². The number of hydrogen-bond donors (Lipinski definition) is 1. The smallest absolute Gasteiger partial charge is 0.335 e. The van der Waals surface area contributed by atoms with Crippen molar-refractivity contribution in [1.82, 2.24) is 4.57 Å². The van der Waals surface area contributed by atoms with Crippen molar-refractivity contribution in [2.45, 2.75) is 26.5 Å². The van der Waals surface area contributed by atoms with Crippen molar-refractivity contribution in [2.24, 2.45) is 0 Å². The maximum Gasteiger partial charge on any atom is 0.335 e. The van der Waals surface area contributed by atoms with E-state index in [2.05, 4.69) is 0 Å². The quantitative estimate of drug-likeness (QED) is 0.759. The number of nitrogens with zero attached hydrogens (tertiary/aromatic N) is 1. The molecule has 4 nitrogen and oxygen atoms in total. The largest absolute Gasteiger partial charge is 0.491 e. The van der Waals surface area contributed by atoms with Crippen LogP contribution in [0.3, 0.4) is 0 Å². The number of fused-ring (bicyclic) bond motifs is 1. The number of halogens is 1. The van der Waals surface area contributed by atoms with Gasteiger partial charge in [-0.2, -0.15) is 0 Å². The zero-order valence-corrected chi connectivity index (χ0v) is 13.5. The second-order valence-corrected chi connectivity index (χ2v) is 5.91. The van der Waals surface area contributed by atoms with Crippen molar-refractivity contribution < 1.29 is 19.0 Å². The van der Waals surface area contributed by atoms with E-state index in [-0.39, 0.29) is 17.5 Å². The molecular weight excluding hydrogens is 309 g/mol.